The lowest BCUT2D eigenvalue weighted by atomic mass is 10.2. The van der Waals surface area contributed by atoms with E-state index < -0.39 is 36.3 Å². The first-order valence-corrected chi connectivity index (χ1v) is 7.84. The van der Waals surface area contributed by atoms with Gasteiger partial charge in [0.2, 0.25) is 0 Å². The second kappa shape index (κ2) is 10.3. The minimum Gasteiger partial charge on any atom is -0.456 e. The maximum atomic E-state index is 12.4. The van der Waals surface area contributed by atoms with Crippen molar-refractivity contribution >= 4 is 23.6 Å². The topological polar surface area (TPSA) is 111 Å². The molecule has 0 aliphatic heterocycles. The molecule has 0 aromatic heterocycles. The number of urea groups is 1. The Hall–Kier alpha value is -2.78. The monoisotopic (exact) mass is 375 g/mol. The highest BCUT2D eigenvalue weighted by Crippen LogP contribution is 2.29. The second-order valence-corrected chi connectivity index (χ2v) is 5.39. The Morgan fingerprint density at radius 3 is 2.27 bits per heavy atom. The van der Waals surface area contributed by atoms with Crippen molar-refractivity contribution < 1.29 is 32.3 Å². The highest BCUT2D eigenvalue weighted by atomic mass is 19.4. The summed E-state index contributed by atoms with van der Waals surface area (Å²) in [7, 11) is 0. The highest BCUT2D eigenvalue weighted by molar-refractivity contribution is 5.92. The number of amides is 3. The molecule has 4 N–H and O–H groups in total. The highest BCUT2D eigenvalue weighted by Gasteiger charge is 2.29. The molecule has 0 saturated carbocycles. The lowest BCUT2D eigenvalue weighted by molar-refractivity contribution is -0.147. The molecule has 3 amide bonds. The molecule has 0 heterocycles. The van der Waals surface area contributed by atoms with Crippen LogP contribution in [0.5, 0.6) is 0 Å². The number of ether oxygens (including phenoxy) is 1. The number of esters is 1. The first kappa shape index (κ1) is 21.3. The smallest absolute Gasteiger partial charge is 0.416 e. The summed E-state index contributed by atoms with van der Waals surface area (Å²) in [4.78, 5) is 33.5. The Morgan fingerprint density at radius 1 is 1.04 bits per heavy atom. The first-order valence-electron chi connectivity index (χ1n) is 7.84. The van der Waals surface area contributed by atoms with Crippen molar-refractivity contribution in [1.29, 1.82) is 0 Å². The van der Waals surface area contributed by atoms with Crippen molar-refractivity contribution in [3.8, 4) is 0 Å². The Labute approximate surface area is 148 Å². The maximum Gasteiger partial charge on any atom is 0.416 e. The predicted molar refractivity (Wildman–Crippen MR) is 87.1 cm³/mol. The molecule has 0 radical (unpaired) electrons. The van der Waals surface area contributed by atoms with Crippen LogP contribution in [0.2, 0.25) is 0 Å². The van der Waals surface area contributed by atoms with Gasteiger partial charge in [-0.1, -0.05) is 6.42 Å². The second-order valence-electron chi connectivity index (χ2n) is 5.39. The number of primary amides is 1. The van der Waals surface area contributed by atoms with Gasteiger partial charge in [0.15, 0.2) is 6.61 Å². The number of carbonyl (C=O) groups is 3. The third-order valence-electron chi connectivity index (χ3n) is 3.22. The van der Waals surface area contributed by atoms with Gasteiger partial charge in [-0.3, -0.25) is 9.59 Å². The molecule has 10 heteroatoms. The van der Waals surface area contributed by atoms with Crippen LogP contribution in [0.3, 0.4) is 0 Å². The summed E-state index contributed by atoms with van der Waals surface area (Å²) in [6.07, 6.45) is -2.48. The van der Waals surface area contributed by atoms with Crippen LogP contribution in [0.25, 0.3) is 0 Å². The van der Waals surface area contributed by atoms with E-state index in [2.05, 4.69) is 10.6 Å². The van der Waals surface area contributed by atoms with Gasteiger partial charge >= 0.3 is 18.2 Å². The summed E-state index contributed by atoms with van der Waals surface area (Å²) in [5, 5.41) is 4.75. The normalized spacial score (nSPS) is 10.9. The molecule has 144 valence electrons. The number of hydrogen-bond donors (Lipinski definition) is 3. The number of benzene rings is 1. The van der Waals surface area contributed by atoms with Crippen molar-refractivity contribution in [1.82, 2.24) is 5.32 Å². The number of nitrogens with two attached hydrogens (primary N) is 1. The quantitative estimate of drug-likeness (QED) is 0.455. The third-order valence-corrected chi connectivity index (χ3v) is 3.22. The van der Waals surface area contributed by atoms with E-state index in [4.69, 9.17) is 10.5 Å². The maximum absolute atomic E-state index is 12.4. The van der Waals surface area contributed by atoms with Crippen LogP contribution in [-0.4, -0.2) is 31.1 Å². The van der Waals surface area contributed by atoms with Crippen LogP contribution in [0.15, 0.2) is 24.3 Å². The number of hydrogen-bond acceptors (Lipinski definition) is 4. The van der Waals surface area contributed by atoms with E-state index in [0.29, 0.717) is 25.8 Å². The average molecular weight is 375 g/mol. The first-order chi connectivity index (χ1) is 12.2. The Balaban J connectivity index is 2.21. The summed E-state index contributed by atoms with van der Waals surface area (Å²) in [5.74, 6) is -1.21. The number of rotatable bonds is 9. The molecular formula is C16H20F3N3O4. The Morgan fingerprint density at radius 2 is 1.69 bits per heavy atom. The van der Waals surface area contributed by atoms with Gasteiger partial charge in [0.1, 0.15) is 0 Å². The number of unbranched alkanes of at least 4 members (excludes halogenated alkanes) is 2. The Bertz CT molecular complexity index is 618. The molecule has 1 rings (SSSR count). The lowest BCUT2D eigenvalue weighted by Crippen LogP contribution is -2.29. The van der Waals surface area contributed by atoms with E-state index in [1.165, 1.54) is 0 Å². The minimum atomic E-state index is -4.45. The average Bonchev–Trinajstić information content (AvgIpc) is 2.55. The fourth-order valence-corrected chi connectivity index (χ4v) is 1.94. The van der Waals surface area contributed by atoms with Crippen molar-refractivity contribution in [3.05, 3.63) is 29.8 Å². The Kier molecular flexibility index (Phi) is 8.40. The van der Waals surface area contributed by atoms with Gasteiger partial charge in [-0.15, -0.1) is 0 Å². The molecule has 26 heavy (non-hydrogen) atoms. The van der Waals surface area contributed by atoms with Crippen LogP contribution in [0.1, 0.15) is 31.2 Å². The largest absolute Gasteiger partial charge is 0.456 e. The van der Waals surface area contributed by atoms with Gasteiger partial charge in [-0.2, -0.15) is 13.2 Å². The molecule has 1 aromatic carbocycles. The van der Waals surface area contributed by atoms with E-state index in [9.17, 15) is 27.6 Å². The van der Waals surface area contributed by atoms with Gasteiger partial charge in [0, 0.05) is 18.7 Å². The molecule has 0 fully saturated rings. The molecule has 0 aliphatic rings. The number of anilines is 1. The molecule has 0 bridgehead atoms. The number of carbonyl (C=O) groups excluding carboxylic acids is 3. The van der Waals surface area contributed by atoms with E-state index in [-0.39, 0.29) is 12.1 Å². The van der Waals surface area contributed by atoms with Crippen LogP contribution in [-0.2, 0) is 20.5 Å². The molecule has 0 saturated heterocycles. The summed E-state index contributed by atoms with van der Waals surface area (Å²) in [6.45, 7) is -0.108. The van der Waals surface area contributed by atoms with Crippen LogP contribution in [0, 0.1) is 0 Å². The number of halogens is 3. The van der Waals surface area contributed by atoms with Crippen molar-refractivity contribution in [2.75, 3.05) is 18.5 Å². The van der Waals surface area contributed by atoms with Crippen molar-refractivity contribution in [2.24, 2.45) is 5.73 Å². The van der Waals surface area contributed by atoms with Gasteiger partial charge in [-0.25, -0.2) is 4.79 Å². The standard InChI is InChI=1S/C16H20F3N3O4/c17-16(18,19)11-5-7-12(8-6-11)22-13(23)10-26-14(24)4-2-1-3-9-21-15(20)25/h5-8H,1-4,9-10H2,(H,22,23)(H3,20,21,25). The van der Waals surface area contributed by atoms with Crippen molar-refractivity contribution in [2.45, 2.75) is 31.9 Å². The summed E-state index contributed by atoms with van der Waals surface area (Å²) in [6, 6.07) is 3.30. The number of nitrogens with one attached hydrogen (secondary N) is 2. The van der Waals surface area contributed by atoms with E-state index in [1.54, 1.807) is 0 Å². The SMILES string of the molecule is NC(=O)NCCCCCC(=O)OCC(=O)Nc1ccc(C(F)(F)F)cc1. The zero-order chi connectivity index (χ0) is 19.6. The number of alkyl halides is 3. The molecule has 0 atom stereocenters. The van der Waals surface area contributed by atoms with Crippen LogP contribution < -0.4 is 16.4 Å². The molecule has 0 unspecified atom stereocenters. The van der Waals surface area contributed by atoms with Crippen LogP contribution >= 0.6 is 0 Å². The lowest BCUT2D eigenvalue weighted by Gasteiger charge is -2.09. The predicted octanol–water partition coefficient (Wildman–Crippen LogP) is 2.42. The van der Waals surface area contributed by atoms with Gasteiger partial charge in [0.05, 0.1) is 5.56 Å². The fraction of sp³-hybridized carbons (Fsp3) is 0.438. The summed E-state index contributed by atoms with van der Waals surface area (Å²) < 4.78 is 42.1. The van der Waals surface area contributed by atoms with Gasteiger partial charge < -0.3 is 21.1 Å². The van der Waals surface area contributed by atoms with Crippen molar-refractivity contribution in [3.63, 3.8) is 0 Å². The molecular weight excluding hydrogens is 355 g/mol. The molecule has 0 aliphatic carbocycles. The minimum absolute atomic E-state index is 0.115. The van der Waals surface area contributed by atoms with E-state index in [0.717, 1.165) is 24.3 Å². The zero-order valence-corrected chi connectivity index (χ0v) is 13.9. The molecule has 0 spiro atoms. The van der Waals surface area contributed by atoms with Gasteiger partial charge in [0.25, 0.3) is 5.91 Å². The fourth-order valence-electron chi connectivity index (χ4n) is 1.94. The molecule has 1 aromatic rings. The zero-order valence-electron chi connectivity index (χ0n) is 13.9. The van der Waals surface area contributed by atoms with Gasteiger partial charge in [-0.05, 0) is 37.1 Å². The third kappa shape index (κ3) is 8.90. The summed E-state index contributed by atoms with van der Waals surface area (Å²) in [5.41, 5.74) is 4.23. The van der Waals surface area contributed by atoms with E-state index in [1.807, 2.05) is 0 Å². The van der Waals surface area contributed by atoms with E-state index >= 15 is 0 Å². The van der Waals surface area contributed by atoms with Crippen LogP contribution in [0.4, 0.5) is 23.7 Å². The molecule has 7 nitrogen and oxygen atoms in total. The summed E-state index contributed by atoms with van der Waals surface area (Å²) >= 11 is 0.